The van der Waals surface area contributed by atoms with E-state index in [1.54, 1.807) is 43.9 Å². The molecular formula is C26H34N2O5. The fourth-order valence-electron chi connectivity index (χ4n) is 3.81. The molecule has 2 amide bonds. The normalized spacial score (nSPS) is 17.1. The third kappa shape index (κ3) is 7.14. The van der Waals surface area contributed by atoms with Crippen molar-refractivity contribution in [2.24, 2.45) is 0 Å². The molecule has 0 aromatic heterocycles. The summed E-state index contributed by atoms with van der Waals surface area (Å²) in [6.07, 6.45) is -1.17. The van der Waals surface area contributed by atoms with E-state index in [4.69, 9.17) is 9.47 Å². The summed E-state index contributed by atoms with van der Waals surface area (Å²) in [6.45, 7) is 10.4. The van der Waals surface area contributed by atoms with Crippen LogP contribution < -0.4 is 5.32 Å². The highest BCUT2D eigenvalue weighted by Gasteiger charge is 2.38. The van der Waals surface area contributed by atoms with Gasteiger partial charge in [-0.15, -0.1) is 0 Å². The number of phenolic OH excluding ortho intramolecular Hbond substituents is 1. The summed E-state index contributed by atoms with van der Waals surface area (Å²) >= 11 is 0. The maximum atomic E-state index is 12.7. The van der Waals surface area contributed by atoms with Crippen LogP contribution in [0.1, 0.15) is 57.2 Å². The van der Waals surface area contributed by atoms with Crippen LogP contribution in [0.4, 0.5) is 9.59 Å². The topological polar surface area (TPSA) is 88.1 Å². The Bertz CT molecular complexity index is 983. The lowest BCUT2D eigenvalue weighted by molar-refractivity contribution is 0.0436. The lowest BCUT2D eigenvalue weighted by Gasteiger charge is -2.26. The van der Waals surface area contributed by atoms with Crippen molar-refractivity contribution in [1.29, 1.82) is 0 Å². The Morgan fingerprint density at radius 3 is 2.55 bits per heavy atom. The van der Waals surface area contributed by atoms with Gasteiger partial charge in [-0.1, -0.05) is 50.2 Å². The van der Waals surface area contributed by atoms with Crippen molar-refractivity contribution in [3.05, 3.63) is 65.2 Å². The first-order valence-electron chi connectivity index (χ1n) is 11.3. The number of carbonyl (C=O) groups excluding carboxylic acids is 2. The van der Waals surface area contributed by atoms with Crippen LogP contribution in [-0.4, -0.2) is 46.5 Å². The summed E-state index contributed by atoms with van der Waals surface area (Å²) < 4.78 is 11.1. The van der Waals surface area contributed by atoms with Crippen LogP contribution >= 0.6 is 0 Å². The summed E-state index contributed by atoms with van der Waals surface area (Å²) in [5.74, 6) is 0.534. The molecule has 7 heteroatoms. The monoisotopic (exact) mass is 454 g/mol. The zero-order valence-electron chi connectivity index (χ0n) is 20.0. The molecular weight excluding hydrogens is 420 g/mol. The molecule has 1 aliphatic rings. The fraction of sp³-hybridized carbons (Fsp3) is 0.462. The molecule has 2 aromatic carbocycles. The van der Waals surface area contributed by atoms with Gasteiger partial charge in [0.25, 0.3) is 0 Å². The van der Waals surface area contributed by atoms with Crippen LogP contribution in [0.15, 0.2) is 48.5 Å². The molecule has 7 nitrogen and oxygen atoms in total. The first-order valence-corrected chi connectivity index (χ1v) is 11.3. The zero-order chi connectivity index (χ0) is 24.2. The molecule has 0 unspecified atom stereocenters. The van der Waals surface area contributed by atoms with Crippen LogP contribution in [0.2, 0.25) is 0 Å². The Kier molecular flexibility index (Phi) is 7.51. The fourth-order valence-corrected chi connectivity index (χ4v) is 3.81. The van der Waals surface area contributed by atoms with Crippen molar-refractivity contribution in [3.63, 3.8) is 0 Å². The Morgan fingerprint density at radius 1 is 1.18 bits per heavy atom. The van der Waals surface area contributed by atoms with E-state index in [-0.39, 0.29) is 5.75 Å². The average Bonchev–Trinajstić information content (AvgIpc) is 3.06. The van der Waals surface area contributed by atoms with Crippen molar-refractivity contribution >= 4 is 12.2 Å². The van der Waals surface area contributed by atoms with Crippen LogP contribution in [0.5, 0.6) is 5.75 Å². The predicted molar refractivity (Wildman–Crippen MR) is 126 cm³/mol. The van der Waals surface area contributed by atoms with Crippen LogP contribution in [0.3, 0.4) is 0 Å². The van der Waals surface area contributed by atoms with Gasteiger partial charge in [0.1, 0.15) is 17.5 Å². The summed E-state index contributed by atoms with van der Waals surface area (Å²) in [4.78, 5) is 26.8. The molecule has 3 rings (SSSR count). The van der Waals surface area contributed by atoms with Crippen molar-refractivity contribution in [2.45, 2.75) is 71.2 Å². The van der Waals surface area contributed by atoms with E-state index in [1.807, 2.05) is 18.2 Å². The van der Waals surface area contributed by atoms with Gasteiger partial charge >= 0.3 is 12.2 Å². The van der Waals surface area contributed by atoms with Crippen LogP contribution in [0, 0.1) is 0 Å². The first kappa shape index (κ1) is 24.4. The molecule has 1 heterocycles. The number of ether oxygens (including phenoxy) is 2. The van der Waals surface area contributed by atoms with Crippen molar-refractivity contribution in [1.82, 2.24) is 10.2 Å². The SMILES string of the molecule is CC(C)c1cccc(CN2C[C@H]([C@H](Cc3cccc(O)c3)NC(=O)OC(C)(C)C)OC2=O)c1. The number of nitrogens with one attached hydrogen (secondary N) is 1. The highest BCUT2D eigenvalue weighted by molar-refractivity contribution is 5.71. The molecule has 1 fully saturated rings. The van der Waals surface area contributed by atoms with E-state index in [2.05, 4.69) is 31.3 Å². The standard InChI is InChI=1S/C26H34N2O5/c1-17(2)20-10-6-9-19(12-20)15-28-16-23(32-25(28)31)22(27-24(30)33-26(3,4)5)14-18-8-7-11-21(29)13-18/h6-13,17,22-23,29H,14-16H2,1-5H3,(H,27,30)/t22-,23+/m0/s1. The number of carbonyl (C=O) groups is 2. The van der Waals surface area contributed by atoms with Gasteiger partial charge in [0.2, 0.25) is 0 Å². The molecule has 33 heavy (non-hydrogen) atoms. The molecule has 1 saturated heterocycles. The highest BCUT2D eigenvalue weighted by Crippen LogP contribution is 2.23. The zero-order valence-corrected chi connectivity index (χ0v) is 20.0. The Labute approximate surface area is 195 Å². The van der Waals surface area contributed by atoms with Crippen molar-refractivity contribution in [3.8, 4) is 5.75 Å². The minimum atomic E-state index is -0.653. The summed E-state index contributed by atoms with van der Waals surface area (Å²) in [6, 6.07) is 14.5. The number of hydrogen-bond acceptors (Lipinski definition) is 5. The van der Waals surface area contributed by atoms with E-state index >= 15 is 0 Å². The van der Waals surface area contributed by atoms with Gasteiger partial charge in [0, 0.05) is 6.54 Å². The maximum absolute atomic E-state index is 12.7. The van der Waals surface area contributed by atoms with Gasteiger partial charge in [-0.2, -0.15) is 0 Å². The van der Waals surface area contributed by atoms with Crippen molar-refractivity contribution in [2.75, 3.05) is 6.54 Å². The summed E-state index contributed by atoms with van der Waals surface area (Å²) in [5, 5.41) is 12.7. The smallest absolute Gasteiger partial charge is 0.410 e. The number of amides is 2. The number of nitrogens with zero attached hydrogens (tertiary/aromatic N) is 1. The molecule has 0 aliphatic carbocycles. The quantitative estimate of drug-likeness (QED) is 0.617. The molecule has 0 bridgehead atoms. The molecule has 2 N–H and O–H groups in total. The average molecular weight is 455 g/mol. The van der Waals surface area contributed by atoms with E-state index in [0.29, 0.717) is 25.4 Å². The highest BCUT2D eigenvalue weighted by atomic mass is 16.6. The third-order valence-corrected chi connectivity index (χ3v) is 5.42. The van der Waals surface area contributed by atoms with Crippen molar-refractivity contribution < 1.29 is 24.2 Å². The minimum Gasteiger partial charge on any atom is -0.508 e. The third-order valence-electron chi connectivity index (χ3n) is 5.42. The number of benzene rings is 2. The van der Waals surface area contributed by atoms with E-state index in [0.717, 1.165) is 11.1 Å². The van der Waals surface area contributed by atoms with Gasteiger partial charge in [0.15, 0.2) is 0 Å². The minimum absolute atomic E-state index is 0.138. The lowest BCUT2D eigenvalue weighted by atomic mass is 10.00. The first-order chi connectivity index (χ1) is 15.5. The van der Waals surface area contributed by atoms with E-state index in [9.17, 15) is 14.7 Å². The lowest BCUT2D eigenvalue weighted by Crippen LogP contribution is -2.48. The largest absolute Gasteiger partial charge is 0.508 e. The second-order valence-electron chi connectivity index (χ2n) is 9.83. The maximum Gasteiger partial charge on any atom is 0.410 e. The van der Waals surface area contributed by atoms with Gasteiger partial charge in [-0.05, 0) is 61.9 Å². The number of alkyl carbamates (subject to hydrolysis) is 1. The molecule has 178 valence electrons. The molecule has 0 radical (unpaired) electrons. The molecule has 1 aliphatic heterocycles. The molecule has 2 aromatic rings. The number of rotatable bonds is 7. The summed E-state index contributed by atoms with van der Waals surface area (Å²) in [5.41, 5.74) is 2.41. The Balaban J connectivity index is 1.74. The number of hydrogen-bond donors (Lipinski definition) is 2. The van der Waals surface area contributed by atoms with Crippen LogP contribution in [0.25, 0.3) is 0 Å². The number of cyclic esters (lactones) is 1. The number of phenols is 1. The molecule has 0 spiro atoms. The second-order valence-corrected chi connectivity index (χ2v) is 9.83. The van der Waals surface area contributed by atoms with Crippen LogP contribution in [-0.2, 0) is 22.4 Å². The Hall–Kier alpha value is -3.22. The number of aromatic hydroxyl groups is 1. The van der Waals surface area contributed by atoms with E-state index in [1.165, 1.54) is 5.56 Å². The van der Waals surface area contributed by atoms with Gasteiger partial charge in [-0.3, -0.25) is 0 Å². The Morgan fingerprint density at radius 2 is 1.88 bits per heavy atom. The predicted octanol–water partition coefficient (Wildman–Crippen LogP) is 4.97. The second kappa shape index (κ2) is 10.1. The van der Waals surface area contributed by atoms with E-state index < -0.39 is 29.9 Å². The molecule has 0 saturated carbocycles. The van der Waals surface area contributed by atoms with Gasteiger partial charge < -0.3 is 24.8 Å². The summed E-state index contributed by atoms with van der Waals surface area (Å²) in [7, 11) is 0. The van der Waals surface area contributed by atoms with Gasteiger partial charge in [-0.25, -0.2) is 9.59 Å². The van der Waals surface area contributed by atoms with Gasteiger partial charge in [0.05, 0.1) is 12.6 Å². The molecule has 2 atom stereocenters.